The molecule has 8 heteroatoms. The minimum atomic E-state index is -0.688. The fourth-order valence-electron chi connectivity index (χ4n) is 3.81. The zero-order chi connectivity index (χ0) is 25.5. The maximum absolute atomic E-state index is 13.1. The van der Waals surface area contributed by atoms with Gasteiger partial charge >= 0.3 is 5.97 Å². The van der Waals surface area contributed by atoms with Crippen molar-refractivity contribution in [3.63, 3.8) is 0 Å². The van der Waals surface area contributed by atoms with Gasteiger partial charge in [-0.1, -0.05) is 42.5 Å². The third-order valence-corrected chi connectivity index (χ3v) is 5.75. The molecule has 3 aromatic rings. The second-order valence-electron chi connectivity index (χ2n) is 8.17. The molecular formula is C28H26N2O6. The number of ketones is 1. The Balaban J connectivity index is 1.40. The second kappa shape index (κ2) is 11.3. The Bertz CT molecular complexity index is 1250. The highest BCUT2D eigenvalue weighted by Crippen LogP contribution is 2.33. The molecular weight excluding hydrogens is 460 g/mol. The van der Waals surface area contributed by atoms with E-state index < -0.39 is 18.5 Å². The monoisotopic (exact) mass is 486 g/mol. The van der Waals surface area contributed by atoms with E-state index in [0.717, 1.165) is 16.8 Å². The average Bonchev–Trinajstić information content (AvgIpc) is 3.37. The molecule has 1 aliphatic heterocycles. The lowest BCUT2D eigenvalue weighted by molar-refractivity contribution is -0.154. The molecule has 1 heterocycles. The molecule has 4 rings (SSSR count). The summed E-state index contributed by atoms with van der Waals surface area (Å²) >= 11 is 0. The van der Waals surface area contributed by atoms with Gasteiger partial charge in [0.15, 0.2) is 19.0 Å². The molecule has 0 spiro atoms. The normalized spacial score (nSPS) is 14.7. The van der Waals surface area contributed by atoms with Crippen molar-refractivity contribution in [3.8, 4) is 11.5 Å². The number of methoxy groups -OCH3 is 1. The lowest BCUT2D eigenvalue weighted by atomic mass is 9.98. The third kappa shape index (κ3) is 5.96. The predicted octanol–water partition coefficient (Wildman–Crippen LogP) is 4.20. The van der Waals surface area contributed by atoms with Gasteiger partial charge in [-0.3, -0.25) is 9.59 Å². The van der Waals surface area contributed by atoms with Gasteiger partial charge in [0.2, 0.25) is 0 Å². The number of Topliss-reactive ketones (excluding diaryl/α,β-unsaturated/α-hetero) is 1. The second-order valence-corrected chi connectivity index (χ2v) is 8.17. The van der Waals surface area contributed by atoms with Gasteiger partial charge in [0.25, 0.3) is 5.91 Å². The van der Waals surface area contributed by atoms with Crippen LogP contribution in [0.1, 0.15) is 40.9 Å². The number of nitrogens with zero attached hydrogens (tertiary/aromatic N) is 2. The van der Waals surface area contributed by atoms with Crippen LogP contribution in [0.4, 0.5) is 0 Å². The summed E-state index contributed by atoms with van der Waals surface area (Å²) < 4.78 is 15.8. The van der Waals surface area contributed by atoms with Gasteiger partial charge in [-0.25, -0.2) is 9.80 Å². The molecule has 184 valence electrons. The van der Waals surface area contributed by atoms with Gasteiger partial charge in [0.05, 0.1) is 18.9 Å². The van der Waals surface area contributed by atoms with Crippen molar-refractivity contribution in [3.05, 3.63) is 95.6 Å². The van der Waals surface area contributed by atoms with E-state index in [4.69, 9.17) is 14.2 Å². The smallest absolute Gasteiger partial charge is 0.344 e. The van der Waals surface area contributed by atoms with Crippen LogP contribution in [0, 0.1) is 0 Å². The molecule has 1 aliphatic rings. The van der Waals surface area contributed by atoms with E-state index in [-0.39, 0.29) is 18.4 Å². The van der Waals surface area contributed by atoms with Crippen LogP contribution in [0.15, 0.2) is 84.0 Å². The molecule has 0 aliphatic carbocycles. The zero-order valence-electron chi connectivity index (χ0n) is 20.0. The van der Waals surface area contributed by atoms with Gasteiger partial charge in [-0.05, 0) is 54.4 Å². The number of carbonyl (C=O) groups is 3. The van der Waals surface area contributed by atoms with E-state index in [0.29, 0.717) is 23.5 Å². The Morgan fingerprint density at radius 1 is 0.889 bits per heavy atom. The summed E-state index contributed by atoms with van der Waals surface area (Å²) in [5, 5.41) is 5.95. The van der Waals surface area contributed by atoms with Crippen molar-refractivity contribution >= 4 is 23.4 Å². The van der Waals surface area contributed by atoms with Crippen molar-refractivity contribution in [2.24, 2.45) is 5.10 Å². The highest BCUT2D eigenvalue weighted by atomic mass is 16.6. The average molecular weight is 487 g/mol. The van der Waals surface area contributed by atoms with E-state index in [1.807, 2.05) is 54.6 Å². The fraction of sp³-hybridized carbons (Fsp3) is 0.214. The first-order valence-corrected chi connectivity index (χ1v) is 11.4. The zero-order valence-corrected chi connectivity index (χ0v) is 20.0. The van der Waals surface area contributed by atoms with Gasteiger partial charge in [0.1, 0.15) is 11.5 Å². The molecule has 1 atom stereocenters. The number of benzene rings is 3. The first-order valence-electron chi connectivity index (χ1n) is 11.4. The first kappa shape index (κ1) is 24.7. The third-order valence-electron chi connectivity index (χ3n) is 5.75. The number of ether oxygens (including phenoxy) is 3. The molecule has 3 aromatic carbocycles. The summed E-state index contributed by atoms with van der Waals surface area (Å²) in [5.41, 5.74) is 3.13. The van der Waals surface area contributed by atoms with Crippen LogP contribution < -0.4 is 9.47 Å². The number of amides is 1. The van der Waals surface area contributed by atoms with Crippen LogP contribution in [-0.4, -0.2) is 48.7 Å². The minimum absolute atomic E-state index is 0.0626. The van der Waals surface area contributed by atoms with Gasteiger partial charge in [-0.2, -0.15) is 5.10 Å². The molecule has 8 nitrogen and oxygen atoms in total. The van der Waals surface area contributed by atoms with Crippen molar-refractivity contribution < 1.29 is 28.6 Å². The molecule has 0 saturated heterocycles. The number of hydrogen-bond acceptors (Lipinski definition) is 7. The molecule has 1 amide bonds. The highest BCUT2D eigenvalue weighted by molar-refractivity contribution is 6.03. The minimum Gasteiger partial charge on any atom is -0.497 e. The lowest BCUT2D eigenvalue weighted by Crippen LogP contribution is -2.32. The molecule has 0 saturated carbocycles. The van der Waals surface area contributed by atoms with Gasteiger partial charge < -0.3 is 14.2 Å². The number of hydrazone groups is 1. The van der Waals surface area contributed by atoms with Gasteiger partial charge in [-0.15, -0.1) is 0 Å². The van der Waals surface area contributed by atoms with Crippen molar-refractivity contribution in [2.45, 2.75) is 19.4 Å². The molecule has 0 radical (unpaired) electrons. The van der Waals surface area contributed by atoms with Crippen molar-refractivity contribution in [1.82, 2.24) is 5.01 Å². The van der Waals surface area contributed by atoms with E-state index >= 15 is 0 Å². The predicted molar refractivity (Wildman–Crippen MR) is 133 cm³/mol. The van der Waals surface area contributed by atoms with Crippen molar-refractivity contribution in [2.75, 3.05) is 20.3 Å². The van der Waals surface area contributed by atoms with E-state index in [9.17, 15) is 14.4 Å². The number of esters is 1. The SMILES string of the molecule is COc1ccc(C2CC(c3ccccc3)=NN2C(=O)COC(=O)COc2ccc(C(C)=O)cc2)cc1. The maximum atomic E-state index is 13.1. The summed E-state index contributed by atoms with van der Waals surface area (Å²) in [5.74, 6) is -0.0667. The Kier molecular flexibility index (Phi) is 7.75. The lowest BCUT2D eigenvalue weighted by Gasteiger charge is -2.22. The van der Waals surface area contributed by atoms with Crippen LogP contribution in [0.2, 0.25) is 0 Å². The summed E-state index contributed by atoms with van der Waals surface area (Å²) in [4.78, 5) is 36.6. The van der Waals surface area contributed by atoms with Crippen molar-refractivity contribution in [1.29, 1.82) is 0 Å². The van der Waals surface area contributed by atoms with Crippen LogP contribution >= 0.6 is 0 Å². The first-order chi connectivity index (χ1) is 17.4. The Morgan fingerprint density at radius 2 is 1.56 bits per heavy atom. The molecule has 0 aromatic heterocycles. The Labute approximate surface area is 209 Å². The van der Waals surface area contributed by atoms with Crippen LogP contribution in [0.3, 0.4) is 0 Å². The van der Waals surface area contributed by atoms with E-state index in [2.05, 4.69) is 5.10 Å². The largest absolute Gasteiger partial charge is 0.497 e. The van der Waals surface area contributed by atoms with Gasteiger partial charge in [0, 0.05) is 12.0 Å². The quantitative estimate of drug-likeness (QED) is 0.332. The van der Waals surface area contributed by atoms with E-state index in [1.165, 1.54) is 11.9 Å². The molecule has 0 N–H and O–H groups in total. The Morgan fingerprint density at radius 3 is 2.19 bits per heavy atom. The number of rotatable bonds is 9. The molecule has 1 unspecified atom stereocenters. The van der Waals surface area contributed by atoms with Crippen LogP contribution in [0.5, 0.6) is 11.5 Å². The van der Waals surface area contributed by atoms with E-state index in [1.54, 1.807) is 31.4 Å². The highest BCUT2D eigenvalue weighted by Gasteiger charge is 2.33. The molecule has 0 bridgehead atoms. The summed E-state index contributed by atoms with van der Waals surface area (Å²) in [6, 6.07) is 23.2. The summed E-state index contributed by atoms with van der Waals surface area (Å²) in [6.07, 6.45) is 0.523. The van der Waals surface area contributed by atoms with Crippen LogP contribution in [0.25, 0.3) is 0 Å². The van der Waals surface area contributed by atoms with Crippen LogP contribution in [-0.2, 0) is 14.3 Å². The molecule has 36 heavy (non-hydrogen) atoms. The number of carbonyl (C=O) groups excluding carboxylic acids is 3. The standard InChI is InChI=1S/C28H26N2O6/c1-19(31)20-8-14-24(15-9-20)35-18-28(33)36-17-27(32)30-26(22-10-12-23(34-2)13-11-22)16-25(29-30)21-6-4-3-5-7-21/h3-15,26H,16-18H2,1-2H3. The fourth-order valence-corrected chi connectivity index (χ4v) is 3.81. The summed E-state index contributed by atoms with van der Waals surface area (Å²) in [6.45, 7) is 0.632. The topological polar surface area (TPSA) is 94.5 Å². The summed E-state index contributed by atoms with van der Waals surface area (Å²) in [7, 11) is 1.59. The number of hydrogen-bond donors (Lipinski definition) is 0. The Hall–Kier alpha value is -4.46. The molecule has 0 fully saturated rings. The maximum Gasteiger partial charge on any atom is 0.344 e.